The van der Waals surface area contributed by atoms with Crippen LogP contribution in [0.15, 0.2) is 47.7 Å². The molecule has 1 saturated heterocycles. The van der Waals surface area contributed by atoms with E-state index < -0.39 is 0 Å². The Hall–Kier alpha value is -2.67. The number of nitrogens with one attached hydrogen (secondary N) is 2. The number of aromatic nitrogens is 2. The predicted octanol–water partition coefficient (Wildman–Crippen LogP) is 1.09. The van der Waals surface area contributed by atoms with Crippen LogP contribution in [0.2, 0.25) is 0 Å². The summed E-state index contributed by atoms with van der Waals surface area (Å²) in [6.07, 6.45) is 3.68. The molecule has 1 aliphatic rings. The van der Waals surface area contributed by atoms with Crippen molar-refractivity contribution in [2.45, 2.75) is 13.1 Å². The van der Waals surface area contributed by atoms with Crippen molar-refractivity contribution in [2.75, 3.05) is 45.2 Å². The largest absolute Gasteiger partial charge is 0.354 e. The van der Waals surface area contributed by atoms with E-state index in [4.69, 9.17) is 0 Å². The standard InChI is InChI=1S/C19H27N7/c1-20-19(24-15-17-5-3-4-7-21-17)23-14-16-6-8-22-18(13-16)26-11-9-25(2)10-12-26/h3-8,13H,9-12,14-15H2,1-2H3,(H2,20,23,24). The Morgan fingerprint density at radius 3 is 2.58 bits per heavy atom. The van der Waals surface area contributed by atoms with Crippen molar-refractivity contribution >= 4 is 11.8 Å². The third kappa shape index (κ3) is 5.16. The lowest BCUT2D eigenvalue weighted by Gasteiger charge is -2.33. The van der Waals surface area contributed by atoms with E-state index in [1.54, 1.807) is 13.2 Å². The van der Waals surface area contributed by atoms with Crippen LogP contribution in [0.1, 0.15) is 11.3 Å². The van der Waals surface area contributed by atoms with Crippen molar-refractivity contribution in [1.82, 2.24) is 25.5 Å². The molecule has 1 aliphatic heterocycles. The van der Waals surface area contributed by atoms with Gasteiger partial charge in [-0.15, -0.1) is 0 Å². The molecule has 0 radical (unpaired) electrons. The van der Waals surface area contributed by atoms with E-state index in [1.807, 2.05) is 30.5 Å². The molecule has 0 unspecified atom stereocenters. The van der Waals surface area contributed by atoms with Gasteiger partial charge in [0.15, 0.2) is 5.96 Å². The maximum atomic E-state index is 4.54. The number of guanidine groups is 1. The normalized spacial score (nSPS) is 15.8. The Morgan fingerprint density at radius 1 is 1.04 bits per heavy atom. The summed E-state index contributed by atoms with van der Waals surface area (Å²) in [7, 11) is 3.94. The van der Waals surface area contributed by atoms with Crippen LogP contribution in [0.5, 0.6) is 0 Å². The summed E-state index contributed by atoms with van der Waals surface area (Å²) in [5.41, 5.74) is 2.17. The van der Waals surface area contributed by atoms with Crippen molar-refractivity contribution < 1.29 is 0 Å². The van der Waals surface area contributed by atoms with Gasteiger partial charge in [0.1, 0.15) is 5.82 Å². The van der Waals surface area contributed by atoms with Crippen molar-refractivity contribution in [1.29, 1.82) is 0 Å². The number of anilines is 1. The molecular weight excluding hydrogens is 326 g/mol. The second-order valence-electron chi connectivity index (χ2n) is 6.41. The molecule has 0 saturated carbocycles. The van der Waals surface area contributed by atoms with Crippen LogP contribution in [-0.2, 0) is 13.1 Å². The van der Waals surface area contributed by atoms with Crippen molar-refractivity contribution in [3.8, 4) is 0 Å². The molecular formula is C19H27N7. The zero-order chi connectivity index (χ0) is 18.2. The van der Waals surface area contributed by atoms with Crippen molar-refractivity contribution in [3.05, 3.63) is 54.0 Å². The molecule has 3 rings (SSSR count). The second-order valence-corrected chi connectivity index (χ2v) is 6.41. The van der Waals surface area contributed by atoms with Gasteiger partial charge in [-0.1, -0.05) is 6.07 Å². The minimum absolute atomic E-state index is 0.642. The van der Waals surface area contributed by atoms with Gasteiger partial charge in [-0.2, -0.15) is 0 Å². The monoisotopic (exact) mass is 353 g/mol. The van der Waals surface area contributed by atoms with Crippen LogP contribution in [-0.4, -0.2) is 61.1 Å². The molecule has 7 heteroatoms. The molecule has 138 valence electrons. The first-order valence-corrected chi connectivity index (χ1v) is 8.97. The summed E-state index contributed by atoms with van der Waals surface area (Å²) in [5.74, 6) is 1.81. The lowest BCUT2D eigenvalue weighted by Crippen LogP contribution is -2.44. The summed E-state index contributed by atoms with van der Waals surface area (Å²) in [6, 6.07) is 10.1. The van der Waals surface area contributed by atoms with E-state index in [0.717, 1.165) is 43.7 Å². The van der Waals surface area contributed by atoms with Gasteiger partial charge in [-0.05, 0) is 36.9 Å². The van der Waals surface area contributed by atoms with Gasteiger partial charge < -0.3 is 20.4 Å². The van der Waals surface area contributed by atoms with Gasteiger partial charge in [-0.3, -0.25) is 9.98 Å². The van der Waals surface area contributed by atoms with Gasteiger partial charge in [0, 0.05) is 52.2 Å². The van der Waals surface area contributed by atoms with Gasteiger partial charge >= 0.3 is 0 Å². The lowest BCUT2D eigenvalue weighted by atomic mass is 10.2. The third-order valence-electron chi connectivity index (χ3n) is 4.48. The van der Waals surface area contributed by atoms with Gasteiger partial charge in [0.05, 0.1) is 12.2 Å². The molecule has 1 fully saturated rings. The van der Waals surface area contributed by atoms with E-state index in [2.05, 4.69) is 48.5 Å². The second kappa shape index (κ2) is 9.15. The fraction of sp³-hybridized carbons (Fsp3) is 0.421. The van der Waals surface area contributed by atoms with Gasteiger partial charge in [-0.25, -0.2) is 4.98 Å². The van der Waals surface area contributed by atoms with Crippen LogP contribution < -0.4 is 15.5 Å². The zero-order valence-electron chi connectivity index (χ0n) is 15.5. The first kappa shape index (κ1) is 18.1. The van der Waals surface area contributed by atoms with Crippen molar-refractivity contribution in [2.24, 2.45) is 4.99 Å². The first-order valence-electron chi connectivity index (χ1n) is 8.97. The minimum Gasteiger partial charge on any atom is -0.354 e. The molecule has 0 amide bonds. The number of aliphatic imine (C=N–C) groups is 1. The fourth-order valence-electron chi connectivity index (χ4n) is 2.86. The molecule has 7 nitrogen and oxygen atoms in total. The highest BCUT2D eigenvalue weighted by Crippen LogP contribution is 2.14. The topological polar surface area (TPSA) is 68.7 Å². The van der Waals surface area contributed by atoms with Crippen molar-refractivity contribution in [3.63, 3.8) is 0 Å². The maximum absolute atomic E-state index is 4.54. The average molecular weight is 353 g/mol. The number of hydrogen-bond acceptors (Lipinski definition) is 5. The molecule has 0 aliphatic carbocycles. The molecule has 0 bridgehead atoms. The van der Waals surface area contributed by atoms with E-state index in [1.165, 1.54) is 5.56 Å². The molecule has 0 atom stereocenters. The Kier molecular flexibility index (Phi) is 6.38. The zero-order valence-corrected chi connectivity index (χ0v) is 15.5. The SMILES string of the molecule is CN=C(NCc1ccnc(N2CCN(C)CC2)c1)NCc1ccccn1. The average Bonchev–Trinajstić information content (AvgIpc) is 2.70. The molecule has 2 aromatic heterocycles. The molecule has 2 aromatic rings. The third-order valence-corrected chi connectivity index (χ3v) is 4.48. The maximum Gasteiger partial charge on any atom is 0.191 e. The molecule has 0 aromatic carbocycles. The van der Waals surface area contributed by atoms with Crippen LogP contribution in [0.4, 0.5) is 5.82 Å². The van der Waals surface area contributed by atoms with Gasteiger partial charge in [0.2, 0.25) is 0 Å². The number of nitrogens with zero attached hydrogens (tertiary/aromatic N) is 5. The van der Waals surface area contributed by atoms with E-state index in [9.17, 15) is 0 Å². The predicted molar refractivity (Wildman–Crippen MR) is 105 cm³/mol. The van der Waals surface area contributed by atoms with Crippen LogP contribution in [0, 0.1) is 0 Å². The molecule has 26 heavy (non-hydrogen) atoms. The first-order chi connectivity index (χ1) is 12.7. The number of pyridine rings is 2. The fourth-order valence-corrected chi connectivity index (χ4v) is 2.86. The van der Waals surface area contributed by atoms with E-state index >= 15 is 0 Å². The van der Waals surface area contributed by atoms with E-state index in [0.29, 0.717) is 13.1 Å². The minimum atomic E-state index is 0.642. The summed E-state index contributed by atoms with van der Waals surface area (Å²) in [5, 5.41) is 6.63. The van der Waals surface area contributed by atoms with Crippen LogP contribution in [0.25, 0.3) is 0 Å². The highest BCUT2D eigenvalue weighted by Gasteiger charge is 2.15. The Bertz CT molecular complexity index is 709. The summed E-state index contributed by atoms with van der Waals surface area (Å²) in [4.78, 5) is 17.8. The summed E-state index contributed by atoms with van der Waals surface area (Å²) < 4.78 is 0. The van der Waals surface area contributed by atoms with Crippen LogP contribution >= 0.6 is 0 Å². The quantitative estimate of drug-likeness (QED) is 0.620. The number of rotatable bonds is 5. The number of likely N-dealkylation sites (N-methyl/N-ethyl adjacent to an activating group) is 1. The smallest absolute Gasteiger partial charge is 0.191 e. The van der Waals surface area contributed by atoms with Crippen LogP contribution in [0.3, 0.4) is 0 Å². The van der Waals surface area contributed by atoms with E-state index in [-0.39, 0.29) is 0 Å². The molecule has 2 N–H and O–H groups in total. The molecule has 3 heterocycles. The number of hydrogen-bond donors (Lipinski definition) is 2. The highest BCUT2D eigenvalue weighted by atomic mass is 15.3. The highest BCUT2D eigenvalue weighted by molar-refractivity contribution is 5.79. The molecule has 0 spiro atoms. The summed E-state index contributed by atoms with van der Waals surface area (Å²) >= 11 is 0. The Labute approximate surface area is 155 Å². The van der Waals surface area contributed by atoms with Gasteiger partial charge in [0.25, 0.3) is 0 Å². The number of piperazine rings is 1. The summed E-state index contributed by atoms with van der Waals surface area (Å²) in [6.45, 7) is 5.54. The Morgan fingerprint density at radius 2 is 1.85 bits per heavy atom. The lowest BCUT2D eigenvalue weighted by molar-refractivity contribution is 0.312. The Balaban J connectivity index is 1.52.